The van der Waals surface area contributed by atoms with Crippen molar-refractivity contribution in [2.24, 2.45) is 0 Å². The Hall–Kier alpha value is -2.87. The number of hydrogen-bond donors (Lipinski definition) is 1. The van der Waals surface area contributed by atoms with Crippen LogP contribution >= 0.6 is 0 Å². The molecule has 0 atom stereocenters. The van der Waals surface area contributed by atoms with Gasteiger partial charge in [0.1, 0.15) is 0 Å². The summed E-state index contributed by atoms with van der Waals surface area (Å²) in [6.07, 6.45) is 10.1. The third-order valence-corrected chi connectivity index (χ3v) is 3.20. The summed E-state index contributed by atoms with van der Waals surface area (Å²) in [7, 11) is 0. The van der Waals surface area contributed by atoms with Crippen LogP contribution in [0, 0.1) is 0 Å². The highest BCUT2D eigenvalue weighted by Crippen LogP contribution is 2.14. The molecule has 0 aliphatic heterocycles. The fourth-order valence-corrected chi connectivity index (χ4v) is 2.07. The van der Waals surface area contributed by atoms with E-state index in [1.54, 1.807) is 0 Å². The van der Waals surface area contributed by atoms with Crippen LogP contribution in [0.4, 0.5) is 0 Å². The minimum atomic E-state index is 1.01. The lowest BCUT2D eigenvalue weighted by Crippen LogP contribution is -1.77. The number of nitrogens with one attached hydrogen (secondary N) is 1. The van der Waals surface area contributed by atoms with E-state index in [2.05, 4.69) is 52.7 Å². The monoisotopic (exact) mass is 272 g/mol. The maximum absolute atomic E-state index is 4.12. The first-order valence-corrected chi connectivity index (χ1v) is 6.91. The lowest BCUT2D eigenvalue weighted by Gasteiger charge is -1.94. The number of aromatic nitrogens is 2. The number of aromatic amines is 1. The van der Waals surface area contributed by atoms with E-state index >= 15 is 0 Å². The summed E-state index contributed by atoms with van der Waals surface area (Å²) in [6, 6.07) is 20.5. The van der Waals surface area contributed by atoms with Gasteiger partial charge in [-0.15, -0.1) is 0 Å². The van der Waals surface area contributed by atoms with E-state index in [-0.39, 0.29) is 0 Å². The molecule has 0 unspecified atom stereocenters. The van der Waals surface area contributed by atoms with Crippen molar-refractivity contribution in [1.82, 2.24) is 10.2 Å². The highest BCUT2D eigenvalue weighted by molar-refractivity contribution is 5.77. The summed E-state index contributed by atoms with van der Waals surface area (Å²) in [5.74, 6) is 0. The van der Waals surface area contributed by atoms with Gasteiger partial charge >= 0.3 is 0 Å². The van der Waals surface area contributed by atoms with Gasteiger partial charge < -0.3 is 0 Å². The minimum Gasteiger partial charge on any atom is -0.278 e. The molecule has 2 aromatic carbocycles. The molecule has 0 aliphatic carbocycles. The average molecular weight is 272 g/mol. The average Bonchev–Trinajstić information content (AvgIpc) is 3.00. The molecule has 2 heteroatoms. The van der Waals surface area contributed by atoms with Gasteiger partial charge in [0, 0.05) is 5.56 Å². The van der Waals surface area contributed by atoms with Crippen molar-refractivity contribution >= 4 is 24.3 Å². The van der Waals surface area contributed by atoms with Crippen LogP contribution in [0.5, 0.6) is 0 Å². The lowest BCUT2D eigenvalue weighted by atomic mass is 10.1. The predicted octanol–water partition coefficient (Wildman–Crippen LogP) is 4.75. The Morgan fingerprint density at radius 1 is 0.667 bits per heavy atom. The second kappa shape index (κ2) is 6.53. The molecule has 0 radical (unpaired) electrons. The van der Waals surface area contributed by atoms with Crippen molar-refractivity contribution in [2.75, 3.05) is 0 Å². The Balaban J connectivity index is 1.78. The first-order valence-electron chi connectivity index (χ1n) is 6.91. The van der Waals surface area contributed by atoms with Gasteiger partial charge in [0.05, 0.1) is 11.9 Å². The van der Waals surface area contributed by atoms with E-state index in [4.69, 9.17) is 0 Å². The molecule has 1 aromatic heterocycles. The van der Waals surface area contributed by atoms with E-state index < -0.39 is 0 Å². The van der Waals surface area contributed by atoms with Gasteiger partial charge in [0.15, 0.2) is 0 Å². The van der Waals surface area contributed by atoms with Crippen molar-refractivity contribution < 1.29 is 0 Å². The highest BCUT2D eigenvalue weighted by atomic mass is 15.1. The van der Waals surface area contributed by atoms with Crippen LogP contribution in [-0.4, -0.2) is 10.2 Å². The zero-order chi connectivity index (χ0) is 14.3. The Morgan fingerprint density at radius 2 is 1.24 bits per heavy atom. The summed E-state index contributed by atoms with van der Waals surface area (Å²) < 4.78 is 0. The third kappa shape index (κ3) is 3.57. The van der Waals surface area contributed by atoms with Crippen LogP contribution in [0.1, 0.15) is 22.4 Å². The van der Waals surface area contributed by atoms with Gasteiger partial charge in [-0.05, 0) is 17.2 Å². The van der Waals surface area contributed by atoms with Gasteiger partial charge in [-0.2, -0.15) is 5.10 Å². The summed E-state index contributed by atoms with van der Waals surface area (Å²) >= 11 is 0. The van der Waals surface area contributed by atoms with Crippen LogP contribution in [0.15, 0.2) is 66.9 Å². The van der Waals surface area contributed by atoms with Crippen LogP contribution in [0.2, 0.25) is 0 Å². The van der Waals surface area contributed by atoms with E-state index in [1.807, 2.05) is 48.7 Å². The van der Waals surface area contributed by atoms with Gasteiger partial charge in [-0.3, -0.25) is 5.10 Å². The number of hydrogen-bond acceptors (Lipinski definition) is 1. The first-order chi connectivity index (χ1) is 10.4. The molecule has 0 saturated carbocycles. The van der Waals surface area contributed by atoms with Gasteiger partial charge in [-0.1, -0.05) is 78.9 Å². The summed E-state index contributed by atoms with van der Waals surface area (Å²) in [4.78, 5) is 0. The fourth-order valence-electron chi connectivity index (χ4n) is 2.07. The quantitative estimate of drug-likeness (QED) is 0.729. The molecule has 1 heterocycles. The minimum absolute atomic E-state index is 1.01. The Kier molecular flexibility index (Phi) is 4.08. The molecule has 21 heavy (non-hydrogen) atoms. The van der Waals surface area contributed by atoms with Crippen molar-refractivity contribution in [3.63, 3.8) is 0 Å². The van der Waals surface area contributed by atoms with Gasteiger partial charge in [-0.25, -0.2) is 0 Å². The molecule has 3 aromatic rings. The Bertz CT molecular complexity index is 674. The molecule has 3 rings (SSSR count). The molecule has 0 bridgehead atoms. The lowest BCUT2D eigenvalue weighted by molar-refractivity contribution is 1.08. The number of nitrogens with zero attached hydrogens (tertiary/aromatic N) is 1. The van der Waals surface area contributed by atoms with E-state index in [0.29, 0.717) is 0 Å². The third-order valence-electron chi connectivity index (χ3n) is 3.20. The Labute approximate surface area is 124 Å². The van der Waals surface area contributed by atoms with E-state index in [1.165, 1.54) is 11.1 Å². The van der Waals surface area contributed by atoms with Crippen molar-refractivity contribution in [1.29, 1.82) is 0 Å². The SMILES string of the molecule is C(=Cc1cn[nH]c1C=Cc1ccccc1)c1ccccc1. The van der Waals surface area contributed by atoms with Gasteiger partial charge in [0.2, 0.25) is 0 Å². The number of benzene rings is 2. The van der Waals surface area contributed by atoms with E-state index in [9.17, 15) is 0 Å². The smallest absolute Gasteiger partial charge is 0.0650 e. The second-order valence-corrected chi connectivity index (χ2v) is 4.73. The molecule has 0 spiro atoms. The normalized spacial score (nSPS) is 11.4. The molecule has 2 nitrogen and oxygen atoms in total. The number of rotatable bonds is 4. The molecule has 1 N–H and O–H groups in total. The van der Waals surface area contributed by atoms with Crippen molar-refractivity contribution in [2.45, 2.75) is 0 Å². The fraction of sp³-hybridized carbons (Fsp3) is 0. The summed E-state index contributed by atoms with van der Waals surface area (Å²) in [5.41, 5.74) is 4.43. The molecule has 0 saturated heterocycles. The van der Waals surface area contributed by atoms with Crippen LogP contribution in [0.25, 0.3) is 24.3 Å². The van der Waals surface area contributed by atoms with E-state index in [0.717, 1.165) is 11.3 Å². The standard InChI is InChI=1S/C19H16N2/c1-3-7-16(8-4-1)11-13-18-15-20-21-19(18)14-12-17-9-5-2-6-10-17/h1-15H,(H,20,21). The highest BCUT2D eigenvalue weighted by Gasteiger charge is 1.97. The summed E-state index contributed by atoms with van der Waals surface area (Å²) in [6.45, 7) is 0. The molecule has 0 aliphatic rings. The first kappa shape index (κ1) is 13.1. The van der Waals surface area contributed by atoms with Crippen molar-refractivity contribution in [3.8, 4) is 0 Å². The molecule has 0 amide bonds. The molecule has 102 valence electrons. The summed E-state index contributed by atoms with van der Waals surface area (Å²) in [5, 5.41) is 7.14. The van der Waals surface area contributed by atoms with Crippen LogP contribution in [-0.2, 0) is 0 Å². The maximum atomic E-state index is 4.12. The second-order valence-electron chi connectivity index (χ2n) is 4.73. The maximum Gasteiger partial charge on any atom is 0.0650 e. The van der Waals surface area contributed by atoms with Crippen molar-refractivity contribution in [3.05, 3.63) is 89.2 Å². The molecule has 0 fully saturated rings. The molecular formula is C19H16N2. The van der Waals surface area contributed by atoms with Crippen LogP contribution < -0.4 is 0 Å². The van der Waals surface area contributed by atoms with Crippen LogP contribution in [0.3, 0.4) is 0 Å². The Morgan fingerprint density at radius 3 is 1.86 bits per heavy atom. The largest absolute Gasteiger partial charge is 0.278 e. The molecular weight excluding hydrogens is 256 g/mol. The topological polar surface area (TPSA) is 28.7 Å². The zero-order valence-electron chi connectivity index (χ0n) is 11.6. The number of H-pyrrole nitrogens is 1. The predicted molar refractivity (Wildman–Crippen MR) is 89.3 cm³/mol. The zero-order valence-corrected chi connectivity index (χ0v) is 11.6. The van der Waals surface area contributed by atoms with Gasteiger partial charge in [0.25, 0.3) is 0 Å².